The standard InChI is InChI=1S/C26H25N5O/c1-17-9-8-12-20(15-17)28-26(32)30-24-25-27-18(2)16-31(25)22-14-7-6-13-21(22)23(29-24)19-10-4-3-5-11-19/h3-15,18,24H,16H2,1-2H3,(H2,28,30,32)/t18-,24+/m0/s1. The van der Waals surface area contributed by atoms with Gasteiger partial charge >= 0.3 is 6.03 Å². The molecular formula is C26H25N5O. The summed E-state index contributed by atoms with van der Waals surface area (Å²) in [6.07, 6.45) is -0.604. The Kier molecular flexibility index (Phi) is 5.19. The molecule has 0 saturated heterocycles. The quantitative estimate of drug-likeness (QED) is 0.646. The predicted octanol–water partition coefficient (Wildman–Crippen LogP) is 4.60. The summed E-state index contributed by atoms with van der Waals surface area (Å²) in [5.41, 5.74) is 5.75. The average molecular weight is 424 g/mol. The van der Waals surface area contributed by atoms with Gasteiger partial charge in [-0.05, 0) is 37.6 Å². The van der Waals surface area contributed by atoms with Crippen LogP contribution in [0.4, 0.5) is 16.2 Å². The first-order valence-corrected chi connectivity index (χ1v) is 10.8. The fraction of sp³-hybridized carbons (Fsp3) is 0.192. The third-order valence-corrected chi connectivity index (χ3v) is 5.62. The second-order valence-corrected chi connectivity index (χ2v) is 8.18. The van der Waals surface area contributed by atoms with Crippen LogP contribution in [0, 0.1) is 6.92 Å². The number of amides is 2. The van der Waals surface area contributed by atoms with Gasteiger partial charge in [0.1, 0.15) is 5.84 Å². The highest BCUT2D eigenvalue weighted by Gasteiger charge is 2.35. The van der Waals surface area contributed by atoms with E-state index in [2.05, 4.69) is 34.6 Å². The molecule has 0 spiro atoms. The third-order valence-electron chi connectivity index (χ3n) is 5.62. The number of carbonyl (C=O) groups is 1. The van der Waals surface area contributed by atoms with Crippen LogP contribution in [-0.4, -0.2) is 36.3 Å². The summed E-state index contributed by atoms with van der Waals surface area (Å²) in [6.45, 7) is 4.83. The molecule has 2 amide bonds. The Labute approximate surface area is 187 Å². The number of hydrogen-bond donors (Lipinski definition) is 2. The van der Waals surface area contributed by atoms with Crippen molar-refractivity contribution in [3.63, 3.8) is 0 Å². The minimum atomic E-state index is -0.604. The molecule has 6 nitrogen and oxygen atoms in total. The van der Waals surface area contributed by atoms with Crippen molar-refractivity contribution in [3.8, 4) is 0 Å². The number of urea groups is 1. The molecule has 0 aromatic heterocycles. The number of amidine groups is 1. The lowest BCUT2D eigenvalue weighted by Crippen LogP contribution is -2.47. The van der Waals surface area contributed by atoms with Crippen LogP contribution >= 0.6 is 0 Å². The maximum atomic E-state index is 12.9. The van der Waals surface area contributed by atoms with Gasteiger partial charge in [-0.2, -0.15) is 0 Å². The lowest BCUT2D eigenvalue weighted by molar-refractivity contribution is 0.251. The van der Waals surface area contributed by atoms with E-state index < -0.39 is 6.17 Å². The zero-order chi connectivity index (χ0) is 22.1. The number of rotatable bonds is 3. The minimum Gasteiger partial charge on any atom is -0.324 e. The number of aryl methyl sites for hydroxylation is 1. The van der Waals surface area contributed by atoms with Crippen LogP contribution in [0.3, 0.4) is 0 Å². The van der Waals surface area contributed by atoms with Crippen LogP contribution in [0.1, 0.15) is 23.6 Å². The van der Waals surface area contributed by atoms with E-state index in [4.69, 9.17) is 9.98 Å². The van der Waals surface area contributed by atoms with Gasteiger partial charge in [0.2, 0.25) is 0 Å². The number of nitrogens with one attached hydrogen (secondary N) is 2. The third kappa shape index (κ3) is 3.87. The highest BCUT2D eigenvalue weighted by atomic mass is 16.2. The van der Waals surface area contributed by atoms with E-state index in [1.165, 1.54) is 0 Å². The van der Waals surface area contributed by atoms with Gasteiger partial charge in [-0.15, -0.1) is 0 Å². The summed E-state index contributed by atoms with van der Waals surface area (Å²) in [5.74, 6) is 0.760. The molecule has 0 radical (unpaired) electrons. The molecule has 160 valence electrons. The maximum absolute atomic E-state index is 12.9. The van der Waals surface area contributed by atoms with Crippen LogP contribution in [0.25, 0.3) is 0 Å². The summed E-state index contributed by atoms with van der Waals surface area (Å²) in [6, 6.07) is 25.8. The Balaban J connectivity index is 1.55. The lowest BCUT2D eigenvalue weighted by Gasteiger charge is -2.24. The molecule has 2 N–H and O–H groups in total. The van der Waals surface area contributed by atoms with Crippen molar-refractivity contribution in [1.29, 1.82) is 0 Å². The molecule has 2 heterocycles. The number of hydrogen-bond acceptors (Lipinski definition) is 4. The zero-order valence-electron chi connectivity index (χ0n) is 18.1. The Bertz CT molecular complexity index is 1220. The molecule has 3 aromatic carbocycles. The fourth-order valence-electron chi connectivity index (χ4n) is 4.24. The smallest absolute Gasteiger partial charge is 0.321 e. The number of aliphatic imine (C=N–C) groups is 2. The van der Waals surface area contributed by atoms with Crippen molar-refractivity contribution < 1.29 is 4.79 Å². The van der Waals surface area contributed by atoms with E-state index in [1.807, 2.05) is 73.7 Å². The molecule has 0 fully saturated rings. The van der Waals surface area contributed by atoms with Gasteiger partial charge in [-0.1, -0.05) is 60.7 Å². The molecule has 5 rings (SSSR count). The Hall–Kier alpha value is -3.93. The van der Waals surface area contributed by atoms with Crippen molar-refractivity contribution in [1.82, 2.24) is 5.32 Å². The van der Waals surface area contributed by atoms with Crippen LogP contribution in [0.5, 0.6) is 0 Å². The summed E-state index contributed by atoms with van der Waals surface area (Å²) in [4.78, 5) is 25.0. The predicted molar refractivity (Wildman–Crippen MR) is 130 cm³/mol. The number of carbonyl (C=O) groups excluding carboxylic acids is 1. The average Bonchev–Trinajstić information content (AvgIpc) is 3.13. The molecule has 0 bridgehead atoms. The number of nitrogens with zero attached hydrogens (tertiary/aromatic N) is 3. The first kappa shape index (κ1) is 20.0. The summed E-state index contributed by atoms with van der Waals surface area (Å²) >= 11 is 0. The SMILES string of the molecule is Cc1cccc(NC(=O)N[C@H]2N=C(c3ccccc3)c3ccccc3N3C[C@H](C)N=C23)c1. The number of anilines is 2. The molecule has 0 aliphatic carbocycles. The lowest BCUT2D eigenvalue weighted by atomic mass is 10.0. The van der Waals surface area contributed by atoms with Crippen molar-refractivity contribution in [2.75, 3.05) is 16.8 Å². The largest absolute Gasteiger partial charge is 0.324 e. The molecule has 6 heteroatoms. The fourth-order valence-corrected chi connectivity index (χ4v) is 4.24. The van der Waals surface area contributed by atoms with Gasteiger partial charge < -0.3 is 15.5 Å². The van der Waals surface area contributed by atoms with Gasteiger partial charge in [0, 0.05) is 23.4 Å². The maximum Gasteiger partial charge on any atom is 0.321 e. The number of benzene rings is 3. The van der Waals surface area contributed by atoms with E-state index in [1.54, 1.807) is 0 Å². The van der Waals surface area contributed by atoms with Gasteiger partial charge in [0.25, 0.3) is 0 Å². The van der Waals surface area contributed by atoms with Crippen LogP contribution in [0.15, 0.2) is 88.8 Å². The van der Waals surface area contributed by atoms with Crippen molar-refractivity contribution in [2.45, 2.75) is 26.1 Å². The van der Waals surface area contributed by atoms with Crippen molar-refractivity contribution >= 4 is 29.0 Å². The highest BCUT2D eigenvalue weighted by Crippen LogP contribution is 2.31. The second-order valence-electron chi connectivity index (χ2n) is 8.18. The highest BCUT2D eigenvalue weighted by molar-refractivity contribution is 6.21. The van der Waals surface area contributed by atoms with E-state index in [9.17, 15) is 4.79 Å². The first-order valence-electron chi connectivity index (χ1n) is 10.8. The van der Waals surface area contributed by atoms with Crippen molar-refractivity contribution in [2.24, 2.45) is 9.98 Å². The first-order chi connectivity index (χ1) is 15.6. The van der Waals surface area contributed by atoms with E-state index in [0.29, 0.717) is 0 Å². The van der Waals surface area contributed by atoms with Gasteiger partial charge in [-0.25, -0.2) is 4.79 Å². The molecule has 3 aromatic rings. The molecule has 2 atom stereocenters. The summed E-state index contributed by atoms with van der Waals surface area (Å²) in [7, 11) is 0. The Morgan fingerprint density at radius 3 is 2.56 bits per heavy atom. The minimum absolute atomic E-state index is 0.121. The van der Waals surface area contributed by atoms with Gasteiger partial charge in [0.05, 0.1) is 17.4 Å². The second kappa shape index (κ2) is 8.30. The van der Waals surface area contributed by atoms with E-state index in [0.717, 1.165) is 46.2 Å². The summed E-state index contributed by atoms with van der Waals surface area (Å²) in [5, 5.41) is 5.97. The Morgan fingerprint density at radius 2 is 1.75 bits per heavy atom. The zero-order valence-corrected chi connectivity index (χ0v) is 18.1. The topological polar surface area (TPSA) is 69.1 Å². The number of fused-ring (bicyclic) bond motifs is 3. The normalized spacial score (nSPS) is 19.2. The monoisotopic (exact) mass is 423 g/mol. The van der Waals surface area contributed by atoms with Crippen LogP contribution < -0.4 is 15.5 Å². The number of para-hydroxylation sites is 1. The van der Waals surface area contributed by atoms with E-state index >= 15 is 0 Å². The van der Waals surface area contributed by atoms with Gasteiger partial charge in [-0.3, -0.25) is 9.98 Å². The molecule has 32 heavy (non-hydrogen) atoms. The molecule has 2 aliphatic rings. The van der Waals surface area contributed by atoms with Crippen molar-refractivity contribution in [3.05, 3.63) is 95.6 Å². The van der Waals surface area contributed by atoms with Crippen LogP contribution in [-0.2, 0) is 0 Å². The van der Waals surface area contributed by atoms with E-state index in [-0.39, 0.29) is 12.1 Å². The Morgan fingerprint density at radius 1 is 0.969 bits per heavy atom. The molecular weight excluding hydrogens is 398 g/mol. The molecule has 2 aliphatic heterocycles. The molecule has 0 saturated carbocycles. The summed E-state index contributed by atoms with van der Waals surface area (Å²) < 4.78 is 0. The van der Waals surface area contributed by atoms with Crippen LogP contribution in [0.2, 0.25) is 0 Å². The van der Waals surface area contributed by atoms with Gasteiger partial charge in [0.15, 0.2) is 6.17 Å². The molecule has 0 unspecified atom stereocenters.